The molecule has 0 radical (unpaired) electrons. The van der Waals surface area contributed by atoms with Gasteiger partial charge in [-0.3, -0.25) is 0 Å². The monoisotopic (exact) mass is 489 g/mol. The number of aliphatic hydroxyl groups is 1. The van der Waals surface area contributed by atoms with Crippen LogP contribution in [0.15, 0.2) is 115 Å². The second-order valence-electron chi connectivity index (χ2n) is 10.6. The third-order valence-corrected chi connectivity index (χ3v) is 8.69. The lowest BCUT2D eigenvalue weighted by Crippen LogP contribution is -2.46. The molecule has 2 nitrogen and oxygen atoms in total. The van der Waals surface area contributed by atoms with E-state index in [1.54, 1.807) is 0 Å². The maximum Gasteiger partial charge on any atom is 0.0528 e. The van der Waals surface area contributed by atoms with Crippen molar-refractivity contribution in [2.45, 2.75) is 43.4 Å². The Morgan fingerprint density at radius 2 is 1.14 bits per heavy atom. The third-order valence-electron chi connectivity index (χ3n) is 8.69. The van der Waals surface area contributed by atoms with E-state index >= 15 is 0 Å². The van der Waals surface area contributed by atoms with Gasteiger partial charge in [-0.15, -0.1) is 0 Å². The van der Waals surface area contributed by atoms with E-state index in [0.717, 1.165) is 45.3 Å². The maximum absolute atomic E-state index is 10.5. The molecule has 0 unspecified atom stereocenters. The van der Waals surface area contributed by atoms with Gasteiger partial charge in [0.15, 0.2) is 0 Å². The zero-order chi connectivity index (χ0) is 25.6. The molecule has 4 aromatic carbocycles. The van der Waals surface area contributed by atoms with Crippen LogP contribution in [-0.2, 0) is 17.3 Å². The Hall–Kier alpha value is -3.20. The molecular formula is C35H39NO. The maximum atomic E-state index is 10.5. The largest absolute Gasteiger partial charge is 0.395 e. The molecule has 5 rings (SSSR count). The number of hydrogen-bond acceptors (Lipinski definition) is 2. The molecular weight excluding hydrogens is 450 g/mol. The summed E-state index contributed by atoms with van der Waals surface area (Å²) in [6.45, 7) is 5.42. The molecule has 1 heterocycles. The highest BCUT2D eigenvalue weighted by Gasteiger charge is 2.39. The summed E-state index contributed by atoms with van der Waals surface area (Å²) in [5.74, 6) is 0. The lowest BCUT2D eigenvalue weighted by Gasteiger charge is -2.43. The first kappa shape index (κ1) is 25.4. The van der Waals surface area contributed by atoms with Gasteiger partial charge in [-0.2, -0.15) is 0 Å². The molecule has 1 fully saturated rings. The van der Waals surface area contributed by atoms with Gasteiger partial charge in [0.25, 0.3) is 0 Å². The van der Waals surface area contributed by atoms with E-state index < -0.39 is 0 Å². The van der Waals surface area contributed by atoms with Crippen molar-refractivity contribution < 1.29 is 5.11 Å². The summed E-state index contributed by atoms with van der Waals surface area (Å²) in [6, 6.07) is 42.0. The average Bonchev–Trinajstić information content (AvgIpc) is 2.99. The molecule has 4 aromatic rings. The fraction of sp³-hybridized carbons (Fsp3) is 0.314. The molecule has 0 saturated carbocycles. The van der Waals surface area contributed by atoms with Gasteiger partial charge in [0.05, 0.1) is 6.61 Å². The van der Waals surface area contributed by atoms with Gasteiger partial charge in [-0.05, 0) is 73.1 Å². The molecule has 1 saturated heterocycles. The number of hydrogen-bond donors (Lipinski definition) is 1. The number of aryl methyl sites for hydroxylation is 1. The van der Waals surface area contributed by atoms with Crippen molar-refractivity contribution in [1.82, 2.24) is 4.90 Å². The SMILES string of the molecule is CCc1ccc(C2(CO)CCN(CCC(c3ccccc3)(c3ccccc3)c3ccccc3)CC2)cc1. The van der Waals surface area contributed by atoms with Gasteiger partial charge >= 0.3 is 0 Å². The topological polar surface area (TPSA) is 23.5 Å². The van der Waals surface area contributed by atoms with Crippen molar-refractivity contribution in [2.75, 3.05) is 26.2 Å². The predicted octanol–water partition coefficient (Wildman–Crippen LogP) is 7.00. The van der Waals surface area contributed by atoms with Crippen LogP contribution in [0.5, 0.6) is 0 Å². The fourth-order valence-corrected chi connectivity index (χ4v) is 6.26. The molecule has 0 bridgehead atoms. The normalized spacial score (nSPS) is 15.9. The molecule has 37 heavy (non-hydrogen) atoms. The number of rotatable bonds is 9. The number of likely N-dealkylation sites (tertiary alicyclic amines) is 1. The highest BCUT2D eigenvalue weighted by molar-refractivity contribution is 5.50. The third kappa shape index (κ3) is 5.14. The first-order valence-corrected chi connectivity index (χ1v) is 13.8. The Labute approximate surface area is 222 Å². The Balaban J connectivity index is 1.41. The Morgan fingerprint density at radius 1 is 0.676 bits per heavy atom. The van der Waals surface area contributed by atoms with Crippen LogP contribution in [0.2, 0.25) is 0 Å². The van der Waals surface area contributed by atoms with E-state index in [-0.39, 0.29) is 17.4 Å². The minimum absolute atomic E-state index is 0.127. The highest BCUT2D eigenvalue weighted by atomic mass is 16.3. The van der Waals surface area contributed by atoms with Crippen LogP contribution < -0.4 is 0 Å². The van der Waals surface area contributed by atoms with Gasteiger partial charge in [-0.25, -0.2) is 0 Å². The summed E-state index contributed by atoms with van der Waals surface area (Å²) in [7, 11) is 0. The van der Waals surface area contributed by atoms with Crippen LogP contribution in [0.4, 0.5) is 0 Å². The van der Waals surface area contributed by atoms with E-state index in [1.165, 1.54) is 27.8 Å². The number of benzene rings is 4. The Bertz CT molecular complexity index is 1130. The van der Waals surface area contributed by atoms with E-state index in [2.05, 4.69) is 127 Å². The number of aliphatic hydroxyl groups excluding tert-OH is 1. The summed E-state index contributed by atoms with van der Waals surface area (Å²) >= 11 is 0. The zero-order valence-electron chi connectivity index (χ0n) is 22.0. The van der Waals surface area contributed by atoms with Crippen molar-refractivity contribution in [3.05, 3.63) is 143 Å². The first-order valence-electron chi connectivity index (χ1n) is 13.8. The van der Waals surface area contributed by atoms with Crippen molar-refractivity contribution in [2.24, 2.45) is 0 Å². The van der Waals surface area contributed by atoms with Crippen LogP contribution in [0.1, 0.15) is 54.0 Å². The molecule has 0 aliphatic carbocycles. The quantitative estimate of drug-likeness (QED) is 0.256. The first-order chi connectivity index (χ1) is 18.2. The van der Waals surface area contributed by atoms with Gasteiger partial charge in [0.2, 0.25) is 0 Å². The second-order valence-corrected chi connectivity index (χ2v) is 10.6. The van der Waals surface area contributed by atoms with Crippen LogP contribution >= 0.6 is 0 Å². The highest BCUT2D eigenvalue weighted by Crippen LogP contribution is 2.43. The molecule has 0 aromatic heterocycles. The second kappa shape index (κ2) is 11.5. The zero-order valence-corrected chi connectivity index (χ0v) is 22.0. The summed E-state index contributed by atoms with van der Waals surface area (Å²) in [5.41, 5.74) is 6.32. The van der Waals surface area contributed by atoms with Crippen LogP contribution in [0, 0.1) is 0 Å². The molecule has 0 atom stereocenters. The number of nitrogens with zero attached hydrogens (tertiary/aromatic N) is 1. The standard InChI is InChI=1S/C35H39NO/c1-2-29-18-20-30(21-19-29)34(28-37)22-25-36(26-23-34)27-24-35(31-12-6-3-7-13-31,32-14-8-4-9-15-32)33-16-10-5-11-17-33/h3-21,37H,2,22-28H2,1H3. The van der Waals surface area contributed by atoms with Crippen LogP contribution in [-0.4, -0.2) is 36.2 Å². The lowest BCUT2D eigenvalue weighted by atomic mass is 9.67. The molecule has 0 amide bonds. The average molecular weight is 490 g/mol. The molecule has 1 aliphatic heterocycles. The molecule has 190 valence electrons. The summed E-state index contributed by atoms with van der Waals surface area (Å²) < 4.78 is 0. The summed E-state index contributed by atoms with van der Waals surface area (Å²) in [4.78, 5) is 2.61. The minimum atomic E-state index is -0.217. The molecule has 1 N–H and O–H groups in total. The molecule has 0 spiro atoms. The van der Waals surface area contributed by atoms with Gasteiger partial charge in [0.1, 0.15) is 0 Å². The summed E-state index contributed by atoms with van der Waals surface area (Å²) in [5, 5.41) is 10.5. The molecule has 2 heteroatoms. The van der Waals surface area contributed by atoms with Crippen molar-refractivity contribution in [3.8, 4) is 0 Å². The number of piperidine rings is 1. The summed E-state index contributed by atoms with van der Waals surface area (Å²) in [6.07, 6.45) is 4.03. The van der Waals surface area contributed by atoms with Gasteiger partial charge in [-0.1, -0.05) is 122 Å². The van der Waals surface area contributed by atoms with E-state index in [1.807, 2.05) is 0 Å². The van der Waals surface area contributed by atoms with Gasteiger partial charge in [0, 0.05) is 10.8 Å². The van der Waals surface area contributed by atoms with E-state index in [9.17, 15) is 5.11 Å². The van der Waals surface area contributed by atoms with E-state index in [4.69, 9.17) is 0 Å². The van der Waals surface area contributed by atoms with Crippen molar-refractivity contribution in [1.29, 1.82) is 0 Å². The Kier molecular flexibility index (Phi) is 7.88. The fourth-order valence-electron chi connectivity index (χ4n) is 6.26. The predicted molar refractivity (Wildman–Crippen MR) is 154 cm³/mol. The van der Waals surface area contributed by atoms with Crippen LogP contribution in [0.25, 0.3) is 0 Å². The minimum Gasteiger partial charge on any atom is -0.395 e. The van der Waals surface area contributed by atoms with Crippen LogP contribution in [0.3, 0.4) is 0 Å². The van der Waals surface area contributed by atoms with Crippen molar-refractivity contribution in [3.63, 3.8) is 0 Å². The van der Waals surface area contributed by atoms with Gasteiger partial charge < -0.3 is 10.0 Å². The van der Waals surface area contributed by atoms with Crippen molar-refractivity contribution >= 4 is 0 Å². The van der Waals surface area contributed by atoms with E-state index in [0.29, 0.717) is 0 Å². The lowest BCUT2D eigenvalue weighted by molar-refractivity contribution is 0.0983. The molecule has 1 aliphatic rings. The Morgan fingerprint density at radius 3 is 1.54 bits per heavy atom. The smallest absolute Gasteiger partial charge is 0.0528 e.